The van der Waals surface area contributed by atoms with Crippen molar-refractivity contribution in [3.8, 4) is 5.75 Å². The standard InChI is InChI=1S/C17H14F3NO4/c1-24-16(23)12-4-6-13(7-5-12)21-15(22)10-11-2-8-14(9-3-11)25-17(18,19)20/h2-9H,10H2,1H3,(H,21,22). The van der Waals surface area contributed by atoms with Crippen LogP contribution in [0.2, 0.25) is 0 Å². The van der Waals surface area contributed by atoms with E-state index in [1.165, 1.54) is 31.4 Å². The molecule has 0 aromatic heterocycles. The summed E-state index contributed by atoms with van der Waals surface area (Å²) in [5, 5.41) is 2.63. The van der Waals surface area contributed by atoms with Gasteiger partial charge in [-0.05, 0) is 42.0 Å². The Morgan fingerprint density at radius 2 is 1.60 bits per heavy atom. The molecule has 0 saturated heterocycles. The summed E-state index contributed by atoms with van der Waals surface area (Å²) in [6.07, 6.45) is -4.78. The van der Waals surface area contributed by atoms with Gasteiger partial charge in [-0.1, -0.05) is 12.1 Å². The van der Waals surface area contributed by atoms with Crippen molar-refractivity contribution in [1.29, 1.82) is 0 Å². The molecule has 132 valence electrons. The van der Waals surface area contributed by atoms with Gasteiger partial charge in [0.05, 0.1) is 19.1 Å². The maximum absolute atomic E-state index is 12.1. The number of anilines is 1. The lowest BCUT2D eigenvalue weighted by molar-refractivity contribution is -0.274. The second-order valence-corrected chi connectivity index (χ2v) is 4.99. The monoisotopic (exact) mass is 353 g/mol. The maximum Gasteiger partial charge on any atom is 0.573 e. The Kier molecular flexibility index (Phi) is 5.63. The van der Waals surface area contributed by atoms with E-state index >= 15 is 0 Å². The number of hydrogen-bond acceptors (Lipinski definition) is 4. The molecule has 0 spiro atoms. The van der Waals surface area contributed by atoms with Crippen molar-refractivity contribution in [2.24, 2.45) is 0 Å². The largest absolute Gasteiger partial charge is 0.573 e. The van der Waals surface area contributed by atoms with Crippen molar-refractivity contribution in [2.75, 3.05) is 12.4 Å². The number of rotatable bonds is 5. The van der Waals surface area contributed by atoms with Gasteiger partial charge in [-0.2, -0.15) is 0 Å². The number of esters is 1. The number of methoxy groups -OCH3 is 1. The summed E-state index contributed by atoms with van der Waals surface area (Å²) in [6.45, 7) is 0. The fourth-order valence-corrected chi connectivity index (χ4v) is 2.01. The maximum atomic E-state index is 12.1. The van der Waals surface area contributed by atoms with Crippen LogP contribution in [0.15, 0.2) is 48.5 Å². The third-order valence-electron chi connectivity index (χ3n) is 3.11. The lowest BCUT2D eigenvalue weighted by atomic mass is 10.1. The van der Waals surface area contributed by atoms with Crippen LogP contribution in [0.3, 0.4) is 0 Å². The lowest BCUT2D eigenvalue weighted by Gasteiger charge is -2.09. The molecule has 0 atom stereocenters. The van der Waals surface area contributed by atoms with Gasteiger partial charge in [0.15, 0.2) is 0 Å². The highest BCUT2D eigenvalue weighted by Crippen LogP contribution is 2.23. The van der Waals surface area contributed by atoms with Crippen LogP contribution in [-0.4, -0.2) is 25.3 Å². The Labute approximate surface area is 141 Å². The van der Waals surface area contributed by atoms with Gasteiger partial charge < -0.3 is 14.8 Å². The first-order valence-corrected chi connectivity index (χ1v) is 7.10. The third kappa shape index (κ3) is 5.83. The molecule has 0 saturated carbocycles. The highest BCUT2D eigenvalue weighted by Gasteiger charge is 2.30. The molecule has 0 aliphatic rings. The molecule has 0 aliphatic carbocycles. The number of alkyl halides is 3. The number of halogens is 3. The molecule has 8 heteroatoms. The Balaban J connectivity index is 1.92. The number of amides is 1. The normalized spacial score (nSPS) is 10.9. The number of carbonyl (C=O) groups is 2. The average molecular weight is 353 g/mol. The summed E-state index contributed by atoms with van der Waals surface area (Å²) in [6, 6.07) is 11.1. The zero-order valence-electron chi connectivity index (χ0n) is 13.1. The predicted octanol–water partition coefficient (Wildman–Crippen LogP) is 3.55. The molecule has 0 aliphatic heterocycles. The molecule has 0 bridgehead atoms. The van der Waals surface area contributed by atoms with E-state index in [0.29, 0.717) is 16.8 Å². The van der Waals surface area contributed by atoms with Gasteiger partial charge in [0, 0.05) is 5.69 Å². The molecular formula is C17H14F3NO4. The van der Waals surface area contributed by atoms with E-state index in [1.807, 2.05) is 0 Å². The molecule has 2 aromatic rings. The molecule has 5 nitrogen and oxygen atoms in total. The minimum Gasteiger partial charge on any atom is -0.465 e. The Morgan fingerprint density at radius 1 is 1.00 bits per heavy atom. The number of benzene rings is 2. The Bertz CT molecular complexity index is 740. The first kappa shape index (κ1) is 18.3. The Morgan fingerprint density at radius 3 is 2.12 bits per heavy atom. The van der Waals surface area contributed by atoms with E-state index in [1.54, 1.807) is 12.1 Å². The molecular weight excluding hydrogens is 339 g/mol. The van der Waals surface area contributed by atoms with E-state index < -0.39 is 12.3 Å². The van der Waals surface area contributed by atoms with Gasteiger partial charge in [0.2, 0.25) is 5.91 Å². The topological polar surface area (TPSA) is 64.6 Å². The second kappa shape index (κ2) is 7.69. The van der Waals surface area contributed by atoms with Crippen LogP contribution in [0.5, 0.6) is 5.75 Å². The Hall–Kier alpha value is -3.03. The minimum atomic E-state index is -4.75. The molecule has 0 heterocycles. The molecule has 1 N–H and O–H groups in total. The van der Waals surface area contributed by atoms with E-state index in [9.17, 15) is 22.8 Å². The summed E-state index contributed by atoms with van der Waals surface area (Å²) in [5.74, 6) is -1.19. The van der Waals surface area contributed by atoms with Crippen LogP contribution in [0.1, 0.15) is 15.9 Å². The number of nitrogens with one attached hydrogen (secondary N) is 1. The van der Waals surface area contributed by atoms with Crippen molar-refractivity contribution in [1.82, 2.24) is 0 Å². The lowest BCUT2D eigenvalue weighted by Crippen LogP contribution is -2.17. The fraction of sp³-hybridized carbons (Fsp3) is 0.176. The summed E-state index contributed by atoms with van der Waals surface area (Å²) < 4.78 is 44.6. The van der Waals surface area contributed by atoms with Gasteiger partial charge in [-0.15, -0.1) is 13.2 Å². The van der Waals surface area contributed by atoms with Crippen molar-refractivity contribution in [2.45, 2.75) is 12.8 Å². The third-order valence-corrected chi connectivity index (χ3v) is 3.11. The van der Waals surface area contributed by atoms with Gasteiger partial charge in [-0.3, -0.25) is 4.79 Å². The van der Waals surface area contributed by atoms with E-state index in [2.05, 4.69) is 14.8 Å². The summed E-state index contributed by atoms with van der Waals surface area (Å²) in [5.41, 5.74) is 1.36. The number of carbonyl (C=O) groups excluding carboxylic acids is 2. The van der Waals surface area contributed by atoms with E-state index in [0.717, 1.165) is 12.1 Å². The summed E-state index contributed by atoms with van der Waals surface area (Å²) in [7, 11) is 1.27. The van der Waals surface area contributed by atoms with Crippen LogP contribution in [0.4, 0.5) is 18.9 Å². The van der Waals surface area contributed by atoms with E-state index in [4.69, 9.17) is 0 Å². The molecule has 25 heavy (non-hydrogen) atoms. The van der Waals surface area contributed by atoms with Crippen molar-refractivity contribution < 1.29 is 32.2 Å². The molecule has 1 amide bonds. The van der Waals surface area contributed by atoms with Gasteiger partial charge in [0.1, 0.15) is 5.75 Å². The van der Waals surface area contributed by atoms with Crippen LogP contribution >= 0.6 is 0 Å². The van der Waals surface area contributed by atoms with Crippen molar-refractivity contribution in [3.63, 3.8) is 0 Å². The average Bonchev–Trinajstić information content (AvgIpc) is 2.55. The fourth-order valence-electron chi connectivity index (χ4n) is 2.01. The SMILES string of the molecule is COC(=O)c1ccc(NC(=O)Cc2ccc(OC(F)(F)F)cc2)cc1. The predicted molar refractivity (Wildman–Crippen MR) is 83.2 cm³/mol. The molecule has 0 radical (unpaired) electrons. The van der Waals surface area contributed by atoms with Gasteiger partial charge >= 0.3 is 12.3 Å². The van der Waals surface area contributed by atoms with Crippen LogP contribution in [0, 0.1) is 0 Å². The van der Waals surface area contributed by atoms with Crippen LogP contribution in [0.25, 0.3) is 0 Å². The number of hydrogen-bond donors (Lipinski definition) is 1. The highest BCUT2D eigenvalue weighted by molar-refractivity contribution is 5.94. The second-order valence-electron chi connectivity index (χ2n) is 4.99. The quantitative estimate of drug-likeness (QED) is 0.835. The zero-order chi connectivity index (χ0) is 18.4. The smallest absolute Gasteiger partial charge is 0.465 e. The van der Waals surface area contributed by atoms with Crippen molar-refractivity contribution in [3.05, 3.63) is 59.7 Å². The first-order chi connectivity index (χ1) is 11.8. The van der Waals surface area contributed by atoms with Crippen molar-refractivity contribution >= 4 is 17.6 Å². The molecule has 0 fully saturated rings. The molecule has 2 aromatic carbocycles. The van der Waals surface area contributed by atoms with Crippen LogP contribution in [-0.2, 0) is 16.0 Å². The van der Waals surface area contributed by atoms with Gasteiger partial charge in [0.25, 0.3) is 0 Å². The van der Waals surface area contributed by atoms with Gasteiger partial charge in [-0.25, -0.2) is 4.79 Å². The molecule has 0 unspecified atom stereocenters. The summed E-state index contributed by atoms with van der Waals surface area (Å²) in [4.78, 5) is 23.3. The zero-order valence-corrected chi connectivity index (χ0v) is 13.1. The first-order valence-electron chi connectivity index (χ1n) is 7.10. The minimum absolute atomic E-state index is 0.0228. The molecule has 2 rings (SSSR count). The number of ether oxygens (including phenoxy) is 2. The summed E-state index contributed by atoms with van der Waals surface area (Å²) >= 11 is 0. The van der Waals surface area contributed by atoms with Crippen LogP contribution < -0.4 is 10.1 Å². The van der Waals surface area contributed by atoms with E-state index in [-0.39, 0.29) is 18.1 Å². The highest BCUT2D eigenvalue weighted by atomic mass is 19.4.